The van der Waals surface area contributed by atoms with Gasteiger partial charge in [-0.15, -0.1) is 11.8 Å². The number of ether oxygens (including phenoxy) is 4. The van der Waals surface area contributed by atoms with Gasteiger partial charge in [0.2, 0.25) is 6.29 Å². The third-order valence-corrected chi connectivity index (χ3v) is 4.95. The second-order valence-corrected chi connectivity index (χ2v) is 6.76. The van der Waals surface area contributed by atoms with E-state index in [-0.39, 0.29) is 6.42 Å². The molecule has 136 valence electrons. The third kappa shape index (κ3) is 5.47. The van der Waals surface area contributed by atoms with E-state index in [1.54, 1.807) is 37.3 Å². The van der Waals surface area contributed by atoms with E-state index in [1.165, 1.54) is 25.8 Å². The molecule has 2 rings (SSSR count). The van der Waals surface area contributed by atoms with E-state index in [2.05, 4.69) is 4.74 Å². The second-order valence-electron chi connectivity index (χ2n) is 5.41. The Labute approximate surface area is 150 Å². The summed E-state index contributed by atoms with van der Waals surface area (Å²) in [6, 6.07) is 8.59. The van der Waals surface area contributed by atoms with Crippen molar-refractivity contribution in [3.05, 3.63) is 35.9 Å². The first-order valence-electron chi connectivity index (χ1n) is 7.71. The minimum atomic E-state index is -0.899. The third-order valence-electron chi connectivity index (χ3n) is 3.44. The number of thioether (sulfide) groups is 1. The lowest BCUT2D eigenvalue weighted by molar-refractivity contribution is -0.181. The lowest BCUT2D eigenvalue weighted by Crippen LogP contribution is -2.30. The zero-order valence-electron chi connectivity index (χ0n) is 14.2. The number of rotatable bonds is 6. The fourth-order valence-corrected chi connectivity index (χ4v) is 3.51. The fourth-order valence-electron chi connectivity index (χ4n) is 2.24. The van der Waals surface area contributed by atoms with Gasteiger partial charge < -0.3 is 18.9 Å². The van der Waals surface area contributed by atoms with E-state index in [9.17, 15) is 14.4 Å². The van der Waals surface area contributed by atoms with Gasteiger partial charge in [0.25, 0.3) is 0 Å². The van der Waals surface area contributed by atoms with Gasteiger partial charge in [-0.25, -0.2) is 4.79 Å². The van der Waals surface area contributed by atoms with Crippen molar-refractivity contribution in [3.8, 4) is 0 Å². The summed E-state index contributed by atoms with van der Waals surface area (Å²) < 4.78 is 20.8. The predicted molar refractivity (Wildman–Crippen MR) is 89.8 cm³/mol. The van der Waals surface area contributed by atoms with Crippen LogP contribution in [0.25, 0.3) is 0 Å². The molecule has 1 aromatic carbocycles. The van der Waals surface area contributed by atoms with Crippen LogP contribution in [0.2, 0.25) is 0 Å². The van der Waals surface area contributed by atoms with E-state index in [4.69, 9.17) is 14.2 Å². The maximum atomic E-state index is 12.1. The average molecular weight is 368 g/mol. The van der Waals surface area contributed by atoms with Crippen molar-refractivity contribution in [3.63, 3.8) is 0 Å². The van der Waals surface area contributed by atoms with Crippen molar-refractivity contribution in [2.45, 2.75) is 43.3 Å². The van der Waals surface area contributed by atoms with Gasteiger partial charge in [0.15, 0.2) is 0 Å². The van der Waals surface area contributed by atoms with Crippen molar-refractivity contribution in [1.82, 2.24) is 0 Å². The van der Waals surface area contributed by atoms with Gasteiger partial charge >= 0.3 is 17.9 Å². The predicted octanol–water partition coefficient (Wildman–Crippen LogP) is 2.14. The second kappa shape index (κ2) is 8.87. The first kappa shape index (κ1) is 19.3. The van der Waals surface area contributed by atoms with Crippen LogP contribution >= 0.6 is 11.8 Å². The van der Waals surface area contributed by atoms with E-state index >= 15 is 0 Å². The molecule has 1 aromatic rings. The maximum absolute atomic E-state index is 12.1. The zero-order chi connectivity index (χ0) is 18.4. The van der Waals surface area contributed by atoms with Gasteiger partial charge in [-0.3, -0.25) is 9.59 Å². The largest absolute Gasteiger partial charge is 0.469 e. The summed E-state index contributed by atoms with van der Waals surface area (Å²) in [5, 5.41) is -0.431. The maximum Gasteiger partial charge on any atom is 0.338 e. The average Bonchev–Trinajstić information content (AvgIpc) is 2.97. The van der Waals surface area contributed by atoms with Crippen molar-refractivity contribution in [2.24, 2.45) is 0 Å². The van der Waals surface area contributed by atoms with E-state index in [0.717, 1.165) is 0 Å². The molecule has 8 heteroatoms. The number of methoxy groups -OCH3 is 1. The van der Waals surface area contributed by atoms with Crippen LogP contribution in [0.5, 0.6) is 0 Å². The lowest BCUT2D eigenvalue weighted by Gasteiger charge is -2.19. The van der Waals surface area contributed by atoms with Crippen LogP contribution < -0.4 is 0 Å². The molecular weight excluding hydrogens is 348 g/mol. The summed E-state index contributed by atoms with van der Waals surface area (Å²) in [5.41, 5.74) is -0.133. The molecule has 0 radical (unpaired) electrons. The summed E-state index contributed by atoms with van der Waals surface area (Å²) >= 11 is 1.27. The number of hydrogen-bond acceptors (Lipinski definition) is 8. The standard InChI is InChI=1S/C17H20O7S/c1-10(22-15(20)12-7-5-4-6-8-12)17-24-16(23-11(2)18)13(25-17)9-14(19)21-3/h4-8,10,13,16-17H,9H2,1-3H3. The minimum Gasteiger partial charge on any atom is -0.469 e. The minimum absolute atomic E-state index is 0.0228. The Kier molecular flexibility index (Phi) is 6.83. The molecule has 7 nitrogen and oxygen atoms in total. The summed E-state index contributed by atoms with van der Waals surface area (Å²) in [5.74, 6) is -1.43. The highest BCUT2D eigenvalue weighted by atomic mass is 32.2. The highest BCUT2D eigenvalue weighted by molar-refractivity contribution is 8.00. The van der Waals surface area contributed by atoms with Gasteiger partial charge in [0, 0.05) is 6.92 Å². The van der Waals surface area contributed by atoms with Gasteiger partial charge in [-0.2, -0.15) is 0 Å². The Balaban J connectivity index is 1.99. The molecule has 0 saturated carbocycles. The molecule has 1 aliphatic heterocycles. The van der Waals surface area contributed by atoms with Crippen LogP contribution in [0, 0.1) is 0 Å². The van der Waals surface area contributed by atoms with E-state index < -0.39 is 41.0 Å². The summed E-state index contributed by atoms with van der Waals surface area (Å²) in [6.45, 7) is 2.94. The molecule has 0 N–H and O–H groups in total. The molecule has 1 aliphatic rings. The van der Waals surface area contributed by atoms with Crippen molar-refractivity contribution in [1.29, 1.82) is 0 Å². The molecule has 0 bridgehead atoms. The molecule has 0 aliphatic carbocycles. The van der Waals surface area contributed by atoms with Crippen LogP contribution in [-0.2, 0) is 28.5 Å². The summed E-state index contributed by atoms with van der Waals surface area (Å²) in [7, 11) is 1.28. The summed E-state index contributed by atoms with van der Waals surface area (Å²) in [4.78, 5) is 34.9. The molecule has 4 unspecified atom stereocenters. The Morgan fingerprint density at radius 3 is 2.52 bits per heavy atom. The van der Waals surface area contributed by atoms with E-state index in [0.29, 0.717) is 5.56 Å². The number of benzene rings is 1. The Morgan fingerprint density at radius 1 is 1.24 bits per heavy atom. The first-order chi connectivity index (χ1) is 11.9. The van der Waals surface area contributed by atoms with Gasteiger partial charge in [0.1, 0.15) is 11.5 Å². The smallest absolute Gasteiger partial charge is 0.338 e. The molecule has 1 fully saturated rings. The highest BCUT2D eigenvalue weighted by Gasteiger charge is 2.43. The molecule has 0 aromatic heterocycles. The Bertz CT molecular complexity index is 619. The summed E-state index contributed by atoms with van der Waals surface area (Å²) in [6.07, 6.45) is -1.47. The monoisotopic (exact) mass is 368 g/mol. The molecule has 0 spiro atoms. The molecule has 4 atom stereocenters. The molecule has 1 heterocycles. The molecule has 1 saturated heterocycles. The quantitative estimate of drug-likeness (QED) is 0.557. The zero-order valence-corrected chi connectivity index (χ0v) is 15.0. The van der Waals surface area contributed by atoms with Crippen LogP contribution in [0.3, 0.4) is 0 Å². The van der Waals surface area contributed by atoms with E-state index in [1.807, 2.05) is 0 Å². The fraction of sp³-hybridized carbons (Fsp3) is 0.471. The molecule has 25 heavy (non-hydrogen) atoms. The number of carbonyl (C=O) groups excluding carboxylic acids is 3. The first-order valence-corrected chi connectivity index (χ1v) is 8.66. The van der Waals surface area contributed by atoms with Gasteiger partial charge in [0.05, 0.1) is 24.3 Å². The molecule has 0 amide bonds. The molecular formula is C17H20O7S. The normalized spacial score (nSPS) is 23.6. The number of esters is 3. The highest BCUT2D eigenvalue weighted by Crippen LogP contribution is 2.38. The topological polar surface area (TPSA) is 88.1 Å². The van der Waals surface area contributed by atoms with Crippen LogP contribution in [0.1, 0.15) is 30.6 Å². The van der Waals surface area contributed by atoms with Crippen molar-refractivity contribution < 1.29 is 33.3 Å². The SMILES string of the molecule is COC(=O)CC1SC(C(C)OC(=O)c2ccccc2)OC1OC(C)=O. The lowest BCUT2D eigenvalue weighted by atomic mass is 10.2. The van der Waals surface area contributed by atoms with Gasteiger partial charge in [-0.1, -0.05) is 18.2 Å². The van der Waals surface area contributed by atoms with Crippen LogP contribution in [-0.4, -0.2) is 48.1 Å². The van der Waals surface area contributed by atoms with Crippen LogP contribution in [0.15, 0.2) is 30.3 Å². The van der Waals surface area contributed by atoms with Crippen molar-refractivity contribution >= 4 is 29.7 Å². The Hall–Kier alpha value is -2.06. The number of hydrogen-bond donors (Lipinski definition) is 0. The Morgan fingerprint density at radius 2 is 1.92 bits per heavy atom. The van der Waals surface area contributed by atoms with Crippen LogP contribution in [0.4, 0.5) is 0 Å². The van der Waals surface area contributed by atoms with Gasteiger partial charge in [-0.05, 0) is 19.1 Å². The van der Waals surface area contributed by atoms with Crippen molar-refractivity contribution in [2.75, 3.05) is 7.11 Å². The number of carbonyl (C=O) groups is 3.